The topological polar surface area (TPSA) is 63.2 Å². The highest BCUT2D eigenvalue weighted by Gasteiger charge is 2.23. The molecular weight excluding hydrogens is 298 g/mol. The van der Waals surface area contributed by atoms with Gasteiger partial charge >= 0.3 is 0 Å². The first-order chi connectivity index (χ1) is 10.0. The predicted molar refractivity (Wildman–Crippen MR) is 90.7 cm³/mol. The Morgan fingerprint density at radius 3 is 2.45 bits per heavy atom. The Bertz CT molecular complexity index is 619. The molecule has 0 aliphatic carbocycles. The van der Waals surface area contributed by atoms with Crippen molar-refractivity contribution in [3.63, 3.8) is 0 Å². The van der Waals surface area contributed by atoms with Crippen LogP contribution in [0, 0.1) is 12.8 Å². The van der Waals surface area contributed by atoms with Gasteiger partial charge in [-0.1, -0.05) is 57.5 Å². The second kappa shape index (κ2) is 7.27. The second-order valence-electron chi connectivity index (χ2n) is 6.98. The van der Waals surface area contributed by atoms with E-state index in [1.165, 1.54) is 0 Å². The Hall–Kier alpha value is -1.36. The van der Waals surface area contributed by atoms with Crippen molar-refractivity contribution in [1.29, 1.82) is 0 Å². The first kappa shape index (κ1) is 18.7. The summed E-state index contributed by atoms with van der Waals surface area (Å²) in [5.41, 5.74) is 2.04. The largest absolute Gasteiger partial charge is 0.354 e. The van der Waals surface area contributed by atoms with E-state index in [1.807, 2.05) is 52.8 Å². The van der Waals surface area contributed by atoms with Gasteiger partial charge in [-0.25, -0.2) is 8.42 Å². The van der Waals surface area contributed by atoms with Crippen LogP contribution in [0.3, 0.4) is 0 Å². The molecule has 0 unspecified atom stereocenters. The molecule has 0 radical (unpaired) electrons. The summed E-state index contributed by atoms with van der Waals surface area (Å²) in [6.07, 6.45) is 0. The van der Waals surface area contributed by atoms with Gasteiger partial charge in [0, 0.05) is 12.0 Å². The number of nitrogens with one attached hydrogen (secondary N) is 1. The second-order valence-corrected chi connectivity index (χ2v) is 9.09. The van der Waals surface area contributed by atoms with E-state index >= 15 is 0 Å². The van der Waals surface area contributed by atoms with Crippen molar-refractivity contribution < 1.29 is 13.2 Å². The van der Waals surface area contributed by atoms with E-state index in [1.54, 1.807) is 0 Å². The van der Waals surface area contributed by atoms with Gasteiger partial charge in [-0.15, -0.1) is 0 Å². The average Bonchev–Trinajstić information content (AvgIpc) is 2.34. The van der Waals surface area contributed by atoms with E-state index in [-0.39, 0.29) is 17.1 Å². The third-order valence-corrected chi connectivity index (χ3v) is 5.34. The monoisotopic (exact) mass is 325 g/mol. The van der Waals surface area contributed by atoms with Gasteiger partial charge in [0.15, 0.2) is 9.84 Å². The fourth-order valence-corrected chi connectivity index (χ4v) is 3.94. The van der Waals surface area contributed by atoms with Crippen LogP contribution in [0.4, 0.5) is 0 Å². The SMILES string of the molecule is Cc1cccc(C(C)(C)CNC(=O)CS(=O)(=O)CC(C)C)c1. The van der Waals surface area contributed by atoms with Gasteiger partial charge in [-0.2, -0.15) is 0 Å². The van der Waals surface area contributed by atoms with Gasteiger partial charge in [-0.05, 0) is 18.4 Å². The molecule has 5 heteroatoms. The Labute approximate surface area is 134 Å². The maximum absolute atomic E-state index is 11.9. The fraction of sp³-hybridized carbons (Fsp3) is 0.588. The zero-order chi connectivity index (χ0) is 17.0. The summed E-state index contributed by atoms with van der Waals surface area (Å²) < 4.78 is 23.7. The molecule has 0 aromatic heterocycles. The molecule has 1 amide bonds. The van der Waals surface area contributed by atoms with E-state index in [9.17, 15) is 13.2 Å². The van der Waals surface area contributed by atoms with Crippen molar-refractivity contribution in [3.8, 4) is 0 Å². The molecule has 1 aromatic rings. The minimum absolute atomic E-state index is 0.0292. The molecule has 0 spiro atoms. The van der Waals surface area contributed by atoms with Crippen LogP contribution in [0.2, 0.25) is 0 Å². The molecule has 4 nitrogen and oxygen atoms in total. The Balaban J connectivity index is 2.63. The van der Waals surface area contributed by atoms with Crippen molar-refractivity contribution in [3.05, 3.63) is 35.4 Å². The van der Waals surface area contributed by atoms with Crippen molar-refractivity contribution in [2.45, 2.75) is 40.0 Å². The molecule has 0 fully saturated rings. The van der Waals surface area contributed by atoms with Crippen molar-refractivity contribution in [2.24, 2.45) is 5.92 Å². The van der Waals surface area contributed by atoms with Crippen LogP contribution < -0.4 is 5.32 Å². The van der Waals surface area contributed by atoms with Crippen LogP contribution in [-0.2, 0) is 20.0 Å². The van der Waals surface area contributed by atoms with Crippen LogP contribution in [0.1, 0.15) is 38.8 Å². The molecule has 0 bridgehead atoms. The number of rotatable bonds is 7. The van der Waals surface area contributed by atoms with Gasteiger partial charge in [-0.3, -0.25) is 4.79 Å². The number of hydrogen-bond donors (Lipinski definition) is 1. The lowest BCUT2D eigenvalue weighted by atomic mass is 9.84. The molecule has 1 rings (SSSR count). The summed E-state index contributed by atoms with van der Waals surface area (Å²) >= 11 is 0. The van der Waals surface area contributed by atoms with Crippen molar-refractivity contribution in [1.82, 2.24) is 5.32 Å². The quantitative estimate of drug-likeness (QED) is 0.837. The number of benzene rings is 1. The normalized spacial score (nSPS) is 12.5. The maximum atomic E-state index is 11.9. The Kier molecular flexibility index (Phi) is 6.17. The minimum atomic E-state index is -3.33. The number of hydrogen-bond acceptors (Lipinski definition) is 3. The summed E-state index contributed by atoms with van der Waals surface area (Å²) in [5.74, 6) is -0.792. The smallest absolute Gasteiger partial charge is 0.235 e. The molecular formula is C17H27NO3S. The number of sulfone groups is 1. The zero-order valence-corrected chi connectivity index (χ0v) is 15.0. The lowest BCUT2D eigenvalue weighted by Crippen LogP contribution is -2.40. The van der Waals surface area contributed by atoms with E-state index < -0.39 is 21.5 Å². The number of aryl methyl sites for hydroxylation is 1. The highest BCUT2D eigenvalue weighted by Crippen LogP contribution is 2.23. The summed E-state index contributed by atoms with van der Waals surface area (Å²) in [6.45, 7) is 10.2. The average molecular weight is 325 g/mol. The van der Waals surface area contributed by atoms with Gasteiger partial charge < -0.3 is 5.32 Å². The third-order valence-electron chi connectivity index (χ3n) is 3.47. The number of carbonyl (C=O) groups excluding carboxylic acids is 1. The van der Waals surface area contributed by atoms with Crippen molar-refractivity contribution >= 4 is 15.7 Å². The van der Waals surface area contributed by atoms with Crippen molar-refractivity contribution in [2.75, 3.05) is 18.1 Å². The van der Waals surface area contributed by atoms with Crippen LogP contribution in [0.5, 0.6) is 0 Å². The van der Waals surface area contributed by atoms with Crippen LogP contribution >= 0.6 is 0 Å². The molecule has 0 aliphatic rings. The number of amides is 1. The summed E-state index contributed by atoms with van der Waals surface area (Å²) in [7, 11) is -3.33. The number of carbonyl (C=O) groups is 1. The third kappa shape index (κ3) is 6.18. The molecule has 0 heterocycles. The molecule has 1 N–H and O–H groups in total. The van der Waals surface area contributed by atoms with E-state index in [4.69, 9.17) is 0 Å². The van der Waals surface area contributed by atoms with Crippen LogP contribution in [0.15, 0.2) is 24.3 Å². The zero-order valence-electron chi connectivity index (χ0n) is 14.1. The Morgan fingerprint density at radius 2 is 1.91 bits per heavy atom. The minimum Gasteiger partial charge on any atom is -0.354 e. The first-order valence-electron chi connectivity index (χ1n) is 7.56. The molecule has 0 aliphatic heterocycles. The summed E-state index contributed by atoms with van der Waals surface area (Å²) in [4.78, 5) is 11.9. The van der Waals surface area contributed by atoms with Gasteiger partial charge in [0.1, 0.15) is 5.75 Å². The molecule has 22 heavy (non-hydrogen) atoms. The van der Waals surface area contributed by atoms with Gasteiger partial charge in [0.25, 0.3) is 0 Å². The highest BCUT2D eigenvalue weighted by molar-refractivity contribution is 7.92. The van der Waals surface area contributed by atoms with E-state index in [0.717, 1.165) is 11.1 Å². The lowest BCUT2D eigenvalue weighted by molar-refractivity contribution is -0.118. The summed E-state index contributed by atoms with van der Waals surface area (Å²) in [5, 5.41) is 2.75. The standard InChI is InChI=1S/C17H27NO3S/c1-13(2)10-22(20,21)11-16(19)18-12-17(4,5)15-8-6-7-14(3)9-15/h6-9,13H,10-12H2,1-5H3,(H,18,19). The molecule has 0 saturated heterocycles. The van der Waals surface area contributed by atoms with Crippen LogP contribution in [0.25, 0.3) is 0 Å². The molecule has 1 aromatic carbocycles. The first-order valence-corrected chi connectivity index (χ1v) is 9.38. The molecule has 0 saturated carbocycles. The Morgan fingerprint density at radius 1 is 1.27 bits per heavy atom. The van der Waals surface area contributed by atoms with E-state index in [2.05, 4.69) is 11.4 Å². The van der Waals surface area contributed by atoms with Gasteiger partial charge in [0.05, 0.1) is 5.75 Å². The fourth-order valence-electron chi connectivity index (χ4n) is 2.31. The molecule has 0 atom stereocenters. The predicted octanol–water partition coefficient (Wildman–Crippen LogP) is 2.46. The maximum Gasteiger partial charge on any atom is 0.235 e. The summed E-state index contributed by atoms with van der Waals surface area (Å²) in [6, 6.07) is 8.12. The highest BCUT2D eigenvalue weighted by atomic mass is 32.2. The van der Waals surface area contributed by atoms with E-state index in [0.29, 0.717) is 6.54 Å². The molecule has 124 valence electrons. The van der Waals surface area contributed by atoms with Gasteiger partial charge in [0.2, 0.25) is 5.91 Å². The van der Waals surface area contributed by atoms with Crippen LogP contribution in [-0.4, -0.2) is 32.4 Å². The lowest BCUT2D eigenvalue weighted by Gasteiger charge is -2.26.